The van der Waals surface area contributed by atoms with Crippen LogP contribution in [0.2, 0.25) is 0 Å². The average molecular weight is 299 g/mol. The number of hydrogen-bond acceptors (Lipinski definition) is 3. The summed E-state index contributed by atoms with van der Waals surface area (Å²) >= 11 is 0. The molecule has 1 heterocycles. The molecule has 0 bridgehead atoms. The molecule has 22 heavy (non-hydrogen) atoms. The molecule has 3 nitrogen and oxygen atoms in total. The van der Waals surface area contributed by atoms with E-state index in [-0.39, 0.29) is 12.2 Å². The van der Waals surface area contributed by atoms with E-state index in [9.17, 15) is 0 Å². The number of benzene rings is 1. The van der Waals surface area contributed by atoms with Crippen molar-refractivity contribution in [1.82, 2.24) is 4.98 Å². The predicted octanol–water partition coefficient (Wildman–Crippen LogP) is 4.15. The van der Waals surface area contributed by atoms with Gasteiger partial charge in [0.25, 0.3) is 0 Å². The van der Waals surface area contributed by atoms with Crippen molar-refractivity contribution in [2.75, 3.05) is 0 Å². The van der Waals surface area contributed by atoms with E-state index in [1.165, 1.54) is 5.56 Å². The Balaban J connectivity index is 1.77. The summed E-state index contributed by atoms with van der Waals surface area (Å²) in [6.45, 7) is 7.41. The Morgan fingerprint density at radius 2 is 1.59 bits per heavy atom. The fourth-order valence-electron chi connectivity index (χ4n) is 2.09. The van der Waals surface area contributed by atoms with Crippen LogP contribution in [0.3, 0.4) is 0 Å². The van der Waals surface area contributed by atoms with Crippen LogP contribution in [-0.4, -0.2) is 17.2 Å². The highest BCUT2D eigenvalue weighted by Crippen LogP contribution is 2.09. The molecule has 118 valence electrons. The fraction of sp³-hybridized carbons (Fsp3) is 0.421. The summed E-state index contributed by atoms with van der Waals surface area (Å²) in [6, 6.07) is 14.4. The van der Waals surface area contributed by atoms with E-state index in [4.69, 9.17) is 9.47 Å². The Morgan fingerprint density at radius 3 is 2.23 bits per heavy atom. The molecular formula is C19H25NO2. The maximum atomic E-state index is 5.88. The molecule has 0 unspecified atom stereocenters. The molecule has 0 aliphatic heterocycles. The van der Waals surface area contributed by atoms with Crippen LogP contribution in [-0.2, 0) is 29.1 Å². The maximum Gasteiger partial charge on any atom is 0.0735 e. The minimum atomic E-state index is 0.144. The standard InChI is InChI=1S/C19H25NO2/c1-15(2)21-14-18-9-10-19(20-12-18)11-16(3)22-13-17-7-5-4-6-8-17/h4-10,12,15-16H,11,13-14H2,1-3H3/t16-/m0/s1. The third-order valence-electron chi connectivity index (χ3n) is 3.34. The number of aromatic nitrogens is 1. The zero-order valence-electron chi connectivity index (χ0n) is 13.7. The second kappa shape index (κ2) is 8.66. The van der Waals surface area contributed by atoms with Gasteiger partial charge >= 0.3 is 0 Å². The fourth-order valence-corrected chi connectivity index (χ4v) is 2.09. The van der Waals surface area contributed by atoms with Gasteiger partial charge in [-0.25, -0.2) is 0 Å². The number of rotatable bonds is 8. The Morgan fingerprint density at radius 1 is 0.864 bits per heavy atom. The van der Waals surface area contributed by atoms with Crippen LogP contribution in [0.5, 0.6) is 0 Å². The highest BCUT2D eigenvalue weighted by Gasteiger charge is 2.06. The zero-order chi connectivity index (χ0) is 15.8. The van der Waals surface area contributed by atoms with Gasteiger partial charge in [0.1, 0.15) is 0 Å². The number of pyridine rings is 1. The van der Waals surface area contributed by atoms with Crippen molar-refractivity contribution < 1.29 is 9.47 Å². The van der Waals surface area contributed by atoms with Gasteiger partial charge in [0, 0.05) is 18.3 Å². The summed E-state index contributed by atoms with van der Waals surface area (Å²) in [7, 11) is 0. The van der Waals surface area contributed by atoms with Gasteiger partial charge in [-0.15, -0.1) is 0 Å². The topological polar surface area (TPSA) is 31.4 Å². The van der Waals surface area contributed by atoms with Crippen LogP contribution in [0.15, 0.2) is 48.7 Å². The van der Waals surface area contributed by atoms with Gasteiger partial charge in [-0.2, -0.15) is 0 Å². The van der Waals surface area contributed by atoms with E-state index in [1.54, 1.807) is 0 Å². The minimum Gasteiger partial charge on any atom is -0.374 e. The van der Waals surface area contributed by atoms with E-state index < -0.39 is 0 Å². The molecule has 0 N–H and O–H groups in total. The lowest BCUT2D eigenvalue weighted by Gasteiger charge is -2.13. The van der Waals surface area contributed by atoms with Crippen molar-refractivity contribution >= 4 is 0 Å². The van der Waals surface area contributed by atoms with Crippen LogP contribution in [0, 0.1) is 0 Å². The highest BCUT2D eigenvalue weighted by atomic mass is 16.5. The van der Waals surface area contributed by atoms with Crippen molar-refractivity contribution in [2.45, 2.75) is 52.6 Å². The van der Waals surface area contributed by atoms with Gasteiger partial charge in [0.2, 0.25) is 0 Å². The molecule has 0 fully saturated rings. The maximum absolute atomic E-state index is 5.88. The largest absolute Gasteiger partial charge is 0.374 e. The summed E-state index contributed by atoms with van der Waals surface area (Å²) in [6.07, 6.45) is 3.09. The van der Waals surface area contributed by atoms with Crippen molar-refractivity contribution in [1.29, 1.82) is 0 Å². The van der Waals surface area contributed by atoms with E-state index in [1.807, 2.05) is 38.2 Å². The smallest absolute Gasteiger partial charge is 0.0735 e. The molecule has 0 aliphatic rings. The molecule has 0 aliphatic carbocycles. The average Bonchev–Trinajstić information content (AvgIpc) is 2.53. The lowest BCUT2D eigenvalue weighted by molar-refractivity contribution is 0.0528. The van der Waals surface area contributed by atoms with Crippen LogP contribution < -0.4 is 0 Å². The lowest BCUT2D eigenvalue weighted by Crippen LogP contribution is -2.12. The molecule has 2 rings (SSSR count). The first-order valence-corrected chi connectivity index (χ1v) is 7.84. The van der Waals surface area contributed by atoms with Gasteiger partial charge in [-0.1, -0.05) is 36.4 Å². The van der Waals surface area contributed by atoms with Crippen LogP contribution in [0.4, 0.5) is 0 Å². The third kappa shape index (κ3) is 5.96. The van der Waals surface area contributed by atoms with Crippen molar-refractivity contribution in [3.63, 3.8) is 0 Å². The van der Waals surface area contributed by atoms with Gasteiger partial charge in [0.15, 0.2) is 0 Å². The predicted molar refractivity (Wildman–Crippen MR) is 88.6 cm³/mol. The van der Waals surface area contributed by atoms with Crippen LogP contribution in [0.1, 0.15) is 37.6 Å². The second-order valence-electron chi connectivity index (χ2n) is 5.83. The summed E-state index contributed by atoms with van der Waals surface area (Å²) in [4.78, 5) is 4.49. The Kier molecular flexibility index (Phi) is 6.56. The lowest BCUT2D eigenvalue weighted by atomic mass is 10.1. The number of hydrogen-bond donors (Lipinski definition) is 0. The first-order valence-electron chi connectivity index (χ1n) is 7.84. The van der Waals surface area contributed by atoms with Gasteiger partial charge in [-0.05, 0) is 38.0 Å². The van der Waals surface area contributed by atoms with Crippen molar-refractivity contribution in [3.8, 4) is 0 Å². The quantitative estimate of drug-likeness (QED) is 0.733. The highest BCUT2D eigenvalue weighted by molar-refractivity contribution is 5.15. The van der Waals surface area contributed by atoms with E-state index in [0.717, 1.165) is 17.7 Å². The van der Waals surface area contributed by atoms with Crippen LogP contribution in [0.25, 0.3) is 0 Å². The molecule has 0 amide bonds. The van der Waals surface area contributed by atoms with E-state index >= 15 is 0 Å². The Labute approximate surface area is 133 Å². The molecule has 1 aromatic carbocycles. The molecular weight excluding hydrogens is 274 g/mol. The zero-order valence-corrected chi connectivity index (χ0v) is 13.7. The van der Waals surface area contributed by atoms with Gasteiger partial charge in [-0.3, -0.25) is 4.98 Å². The SMILES string of the molecule is CC(C)OCc1ccc(C[C@H](C)OCc2ccccc2)nc1. The molecule has 1 aromatic heterocycles. The third-order valence-corrected chi connectivity index (χ3v) is 3.34. The Bertz CT molecular complexity index is 537. The molecule has 0 radical (unpaired) electrons. The van der Waals surface area contributed by atoms with Crippen molar-refractivity contribution in [2.24, 2.45) is 0 Å². The summed E-state index contributed by atoms with van der Waals surface area (Å²) < 4.78 is 11.4. The van der Waals surface area contributed by atoms with E-state index in [2.05, 4.69) is 36.2 Å². The summed E-state index contributed by atoms with van der Waals surface area (Å²) in [5.74, 6) is 0. The molecule has 3 heteroatoms. The minimum absolute atomic E-state index is 0.144. The van der Waals surface area contributed by atoms with Crippen LogP contribution >= 0.6 is 0 Å². The molecule has 0 spiro atoms. The molecule has 2 aromatic rings. The molecule has 0 saturated carbocycles. The summed E-state index contributed by atoms with van der Waals surface area (Å²) in [5, 5.41) is 0. The second-order valence-corrected chi connectivity index (χ2v) is 5.83. The van der Waals surface area contributed by atoms with Gasteiger partial charge < -0.3 is 9.47 Å². The van der Waals surface area contributed by atoms with Gasteiger partial charge in [0.05, 0.1) is 25.4 Å². The first kappa shape index (κ1) is 16.7. The number of ether oxygens (including phenoxy) is 2. The summed E-state index contributed by atoms with van der Waals surface area (Å²) in [5.41, 5.74) is 3.35. The molecule has 0 saturated heterocycles. The Hall–Kier alpha value is -1.71. The van der Waals surface area contributed by atoms with Crippen molar-refractivity contribution in [3.05, 3.63) is 65.5 Å². The normalized spacial score (nSPS) is 12.5. The number of nitrogens with zero attached hydrogens (tertiary/aromatic N) is 1. The van der Waals surface area contributed by atoms with E-state index in [0.29, 0.717) is 13.2 Å². The first-order chi connectivity index (χ1) is 10.6. The molecule has 1 atom stereocenters. The monoisotopic (exact) mass is 299 g/mol.